The van der Waals surface area contributed by atoms with Crippen LogP contribution in [0.15, 0.2) is 4.99 Å². The summed E-state index contributed by atoms with van der Waals surface area (Å²) < 4.78 is 0. The second kappa shape index (κ2) is 14.4. The van der Waals surface area contributed by atoms with Crippen LogP contribution in [-0.4, -0.2) is 71.7 Å². The molecule has 30 heavy (non-hydrogen) atoms. The van der Waals surface area contributed by atoms with Gasteiger partial charge in [-0.05, 0) is 18.8 Å². The van der Waals surface area contributed by atoms with Crippen LogP contribution in [-0.2, 0) is 19.2 Å². The molecule has 0 aliphatic heterocycles. The zero-order chi connectivity index (χ0) is 23.3. The highest BCUT2D eigenvalue weighted by Crippen LogP contribution is 2.09. The summed E-state index contributed by atoms with van der Waals surface area (Å²) in [5.74, 6) is -3.50. The van der Waals surface area contributed by atoms with E-state index < -0.39 is 41.8 Å². The van der Waals surface area contributed by atoms with Crippen molar-refractivity contribution in [2.24, 2.45) is 28.1 Å². The van der Waals surface area contributed by atoms with E-state index in [2.05, 4.69) is 33.6 Å². The molecule has 172 valence electrons. The molecule has 0 saturated heterocycles. The number of hydrogen-bond donors (Lipinski definition) is 8. The number of aliphatic imine (C=N–C) groups is 1. The van der Waals surface area contributed by atoms with Crippen LogP contribution in [0.5, 0.6) is 0 Å². The third-order valence-corrected chi connectivity index (χ3v) is 4.74. The van der Waals surface area contributed by atoms with Crippen LogP contribution in [0.1, 0.15) is 33.1 Å². The van der Waals surface area contributed by atoms with Crippen LogP contribution in [0, 0.1) is 5.92 Å². The molecule has 0 aliphatic carbocycles. The van der Waals surface area contributed by atoms with Crippen LogP contribution in [0.25, 0.3) is 0 Å². The normalized spacial score (nSPS) is 14.5. The summed E-state index contributed by atoms with van der Waals surface area (Å²) in [6.07, 6.45) is 1.08. The number of rotatable bonds is 14. The number of nitrogens with zero attached hydrogens (tertiary/aromatic N) is 1. The molecule has 0 spiro atoms. The lowest BCUT2D eigenvalue weighted by molar-refractivity contribution is -0.141. The Labute approximate surface area is 181 Å². The van der Waals surface area contributed by atoms with Gasteiger partial charge in [-0.3, -0.25) is 19.4 Å². The summed E-state index contributed by atoms with van der Waals surface area (Å²) >= 11 is 3.91. The SMILES string of the molecule is CCC(C)C(NC(=O)CN)C(=O)NC(CCCN=C(N)N)C(=O)NC(CS)C(=O)O. The Morgan fingerprint density at radius 1 is 1.07 bits per heavy atom. The van der Waals surface area contributed by atoms with Crippen molar-refractivity contribution in [2.45, 2.75) is 51.2 Å². The molecule has 0 radical (unpaired) electrons. The molecule has 0 aromatic carbocycles. The number of aliphatic carboxylic acids is 1. The van der Waals surface area contributed by atoms with Crippen molar-refractivity contribution >= 4 is 42.3 Å². The number of carboxylic acid groups (broad SMARTS) is 1. The fourth-order valence-electron chi connectivity index (χ4n) is 2.43. The summed E-state index contributed by atoms with van der Waals surface area (Å²) in [5.41, 5.74) is 15.9. The number of carbonyl (C=O) groups is 4. The molecule has 12 nitrogen and oxygen atoms in total. The summed E-state index contributed by atoms with van der Waals surface area (Å²) in [6, 6.07) is -3.19. The summed E-state index contributed by atoms with van der Waals surface area (Å²) in [5, 5.41) is 16.6. The van der Waals surface area contributed by atoms with Crippen molar-refractivity contribution in [3.63, 3.8) is 0 Å². The second-order valence-corrected chi connectivity index (χ2v) is 7.09. The van der Waals surface area contributed by atoms with Gasteiger partial charge >= 0.3 is 5.97 Å². The molecule has 0 bridgehead atoms. The Kier molecular flexibility index (Phi) is 13.2. The van der Waals surface area contributed by atoms with E-state index >= 15 is 0 Å². The van der Waals surface area contributed by atoms with Gasteiger partial charge in [0.25, 0.3) is 0 Å². The fraction of sp³-hybridized carbons (Fsp3) is 0.706. The highest BCUT2D eigenvalue weighted by Gasteiger charge is 2.30. The van der Waals surface area contributed by atoms with Crippen LogP contribution >= 0.6 is 12.6 Å². The van der Waals surface area contributed by atoms with E-state index in [4.69, 9.17) is 22.3 Å². The minimum absolute atomic E-state index is 0.109. The van der Waals surface area contributed by atoms with Gasteiger partial charge in [-0.25, -0.2) is 4.79 Å². The Morgan fingerprint density at radius 3 is 2.13 bits per heavy atom. The molecule has 10 N–H and O–H groups in total. The smallest absolute Gasteiger partial charge is 0.327 e. The molecule has 0 saturated carbocycles. The first-order chi connectivity index (χ1) is 14.1. The van der Waals surface area contributed by atoms with Crippen LogP contribution in [0.3, 0.4) is 0 Å². The number of carboxylic acids is 1. The van der Waals surface area contributed by atoms with Crippen LogP contribution < -0.4 is 33.2 Å². The molecule has 0 aromatic heterocycles. The Hall–Kier alpha value is -2.54. The Bertz CT molecular complexity index is 628. The van der Waals surface area contributed by atoms with Crippen molar-refractivity contribution < 1.29 is 24.3 Å². The van der Waals surface area contributed by atoms with Crippen molar-refractivity contribution in [3.05, 3.63) is 0 Å². The Morgan fingerprint density at radius 2 is 1.67 bits per heavy atom. The van der Waals surface area contributed by atoms with E-state index in [0.717, 1.165) is 0 Å². The van der Waals surface area contributed by atoms with E-state index in [1.165, 1.54) is 0 Å². The summed E-state index contributed by atoms with van der Waals surface area (Å²) in [7, 11) is 0. The number of guanidine groups is 1. The number of amides is 3. The first-order valence-electron chi connectivity index (χ1n) is 9.56. The third-order valence-electron chi connectivity index (χ3n) is 4.37. The van der Waals surface area contributed by atoms with Gasteiger partial charge in [-0.2, -0.15) is 12.6 Å². The zero-order valence-corrected chi connectivity index (χ0v) is 18.2. The highest BCUT2D eigenvalue weighted by atomic mass is 32.1. The highest BCUT2D eigenvalue weighted by molar-refractivity contribution is 7.80. The lowest BCUT2D eigenvalue weighted by Gasteiger charge is -2.27. The van der Waals surface area contributed by atoms with Crippen molar-refractivity contribution in [1.29, 1.82) is 0 Å². The second-order valence-electron chi connectivity index (χ2n) is 6.73. The van der Waals surface area contributed by atoms with Gasteiger partial charge in [-0.1, -0.05) is 20.3 Å². The predicted molar refractivity (Wildman–Crippen MR) is 116 cm³/mol. The largest absolute Gasteiger partial charge is 0.480 e. The minimum atomic E-state index is -1.25. The molecule has 3 amide bonds. The number of carbonyl (C=O) groups excluding carboxylic acids is 3. The van der Waals surface area contributed by atoms with Gasteiger partial charge in [0, 0.05) is 12.3 Å². The van der Waals surface area contributed by atoms with Gasteiger partial charge in [0.2, 0.25) is 17.7 Å². The molecule has 0 aliphatic rings. The number of nitrogens with one attached hydrogen (secondary N) is 3. The number of nitrogens with two attached hydrogens (primary N) is 3. The van der Waals surface area contributed by atoms with E-state index in [9.17, 15) is 19.2 Å². The predicted octanol–water partition coefficient (Wildman–Crippen LogP) is -2.49. The Balaban J connectivity index is 5.40. The lowest BCUT2D eigenvalue weighted by Crippen LogP contribution is -2.57. The van der Waals surface area contributed by atoms with Gasteiger partial charge < -0.3 is 38.3 Å². The summed E-state index contributed by atoms with van der Waals surface area (Å²) in [4.78, 5) is 52.1. The minimum Gasteiger partial charge on any atom is -0.480 e. The quantitative estimate of drug-likeness (QED) is 0.0615. The number of thiol groups is 1. The fourth-order valence-corrected chi connectivity index (χ4v) is 2.67. The maximum atomic E-state index is 12.8. The van der Waals surface area contributed by atoms with Gasteiger partial charge in [0.05, 0.1) is 6.54 Å². The van der Waals surface area contributed by atoms with Gasteiger partial charge in [0.15, 0.2) is 5.96 Å². The van der Waals surface area contributed by atoms with Crippen LogP contribution in [0.2, 0.25) is 0 Å². The average molecular weight is 448 g/mol. The zero-order valence-electron chi connectivity index (χ0n) is 17.3. The molecule has 0 fully saturated rings. The summed E-state index contributed by atoms with van der Waals surface area (Å²) in [6.45, 7) is 3.56. The van der Waals surface area contributed by atoms with Gasteiger partial charge in [-0.15, -0.1) is 0 Å². The van der Waals surface area contributed by atoms with Crippen molar-refractivity contribution in [3.8, 4) is 0 Å². The van der Waals surface area contributed by atoms with E-state index in [-0.39, 0.29) is 37.1 Å². The van der Waals surface area contributed by atoms with Crippen LogP contribution in [0.4, 0.5) is 0 Å². The lowest BCUT2D eigenvalue weighted by atomic mass is 9.97. The standard InChI is InChI=1S/C17H33N7O5S/c1-3-9(2)13(24-12(25)7-18)15(27)22-10(5-4-6-21-17(19)20)14(26)23-11(8-30)16(28)29/h9-11,13,30H,3-8,18H2,1-2H3,(H,22,27)(H,23,26)(H,24,25)(H,28,29)(H4,19,20,21). The molecule has 4 atom stereocenters. The molecule has 13 heteroatoms. The molecule has 4 unspecified atom stereocenters. The first kappa shape index (κ1) is 27.5. The van der Waals surface area contributed by atoms with Gasteiger partial charge in [0.1, 0.15) is 18.1 Å². The van der Waals surface area contributed by atoms with Crippen molar-refractivity contribution in [2.75, 3.05) is 18.8 Å². The van der Waals surface area contributed by atoms with E-state index in [1.807, 2.05) is 6.92 Å². The third kappa shape index (κ3) is 10.3. The molecule has 0 rings (SSSR count). The maximum absolute atomic E-state index is 12.8. The van der Waals surface area contributed by atoms with E-state index in [1.54, 1.807) is 6.92 Å². The molecule has 0 aromatic rings. The molecular formula is C17H33N7O5S. The van der Waals surface area contributed by atoms with E-state index in [0.29, 0.717) is 12.8 Å². The van der Waals surface area contributed by atoms with Crippen molar-refractivity contribution in [1.82, 2.24) is 16.0 Å². The monoisotopic (exact) mass is 447 g/mol. The maximum Gasteiger partial charge on any atom is 0.327 e. The first-order valence-corrected chi connectivity index (χ1v) is 10.2. The average Bonchev–Trinajstić information content (AvgIpc) is 2.70. The molecule has 0 heterocycles. The number of hydrogen-bond acceptors (Lipinski definition) is 7. The topological polar surface area (TPSA) is 215 Å². The molecular weight excluding hydrogens is 414 g/mol.